The van der Waals surface area contributed by atoms with Gasteiger partial charge in [-0.1, -0.05) is 0 Å². The summed E-state index contributed by atoms with van der Waals surface area (Å²) in [5.74, 6) is 4.90. The van der Waals surface area contributed by atoms with Gasteiger partial charge < -0.3 is 5.73 Å². The molecular weight excluding hydrogens is 106 g/mol. The van der Waals surface area contributed by atoms with Crippen molar-refractivity contribution in [3.8, 4) is 0 Å². The molecule has 0 aromatic heterocycles. The van der Waals surface area contributed by atoms with Crippen LogP contribution in [0.1, 0.15) is 6.92 Å². The molecule has 8 heavy (non-hydrogen) atoms. The monoisotopic (exact) mass is 117 g/mol. The first-order valence-corrected chi connectivity index (χ1v) is 2.47. The van der Waals surface area contributed by atoms with Crippen LogP contribution in [0.2, 0.25) is 0 Å². The van der Waals surface area contributed by atoms with E-state index in [9.17, 15) is 4.79 Å². The molecule has 0 radical (unpaired) electrons. The zero-order valence-corrected chi connectivity index (χ0v) is 4.92. The summed E-state index contributed by atoms with van der Waals surface area (Å²) in [6, 6.07) is 0. The third kappa shape index (κ3) is 1.90. The van der Waals surface area contributed by atoms with E-state index in [0.29, 0.717) is 6.54 Å². The quantitative estimate of drug-likeness (QED) is 0.267. The Morgan fingerprint density at radius 1 is 1.75 bits per heavy atom. The van der Waals surface area contributed by atoms with Crippen LogP contribution in [0.3, 0.4) is 0 Å². The highest BCUT2D eigenvalue weighted by Crippen LogP contribution is 1.73. The number of likely N-dealkylation sites (N-methyl/N-ethyl adjacent to an activating group) is 1. The van der Waals surface area contributed by atoms with Gasteiger partial charge in [0.1, 0.15) is 0 Å². The van der Waals surface area contributed by atoms with Gasteiger partial charge in [-0.05, 0) is 6.92 Å². The summed E-state index contributed by atoms with van der Waals surface area (Å²) in [4.78, 5) is 10.4. The summed E-state index contributed by atoms with van der Waals surface area (Å²) in [5, 5.41) is 1.08. The Balaban J connectivity index is 3.46. The van der Waals surface area contributed by atoms with Gasteiger partial charge in [0.25, 0.3) is 0 Å². The molecular formula is C4H11N3O. The van der Waals surface area contributed by atoms with Crippen molar-refractivity contribution in [1.82, 2.24) is 5.01 Å². The Hall–Kier alpha value is -0.610. The smallest absolute Gasteiger partial charge is 0.250 e. The standard InChI is InChI=1S/C4H11N3O/c1-2-7(6)4(8)3-5/h2-3,5-6H2,1H3. The lowest BCUT2D eigenvalue weighted by atomic mass is 10.5. The Morgan fingerprint density at radius 3 is 2.38 bits per heavy atom. The van der Waals surface area contributed by atoms with Crippen LogP contribution in [0.5, 0.6) is 0 Å². The van der Waals surface area contributed by atoms with Gasteiger partial charge in [0.15, 0.2) is 0 Å². The lowest BCUT2D eigenvalue weighted by Gasteiger charge is -2.10. The zero-order chi connectivity index (χ0) is 6.57. The van der Waals surface area contributed by atoms with Gasteiger partial charge in [0, 0.05) is 6.54 Å². The highest BCUT2D eigenvalue weighted by molar-refractivity contribution is 5.77. The summed E-state index contributed by atoms with van der Waals surface area (Å²) >= 11 is 0. The molecule has 4 heteroatoms. The van der Waals surface area contributed by atoms with Crippen molar-refractivity contribution >= 4 is 5.91 Å². The van der Waals surface area contributed by atoms with E-state index in [1.807, 2.05) is 0 Å². The van der Waals surface area contributed by atoms with Crippen LogP contribution in [0.4, 0.5) is 0 Å². The van der Waals surface area contributed by atoms with E-state index in [0.717, 1.165) is 5.01 Å². The van der Waals surface area contributed by atoms with E-state index >= 15 is 0 Å². The molecule has 0 bridgehead atoms. The van der Waals surface area contributed by atoms with E-state index in [1.54, 1.807) is 6.92 Å². The van der Waals surface area contributed by atoms with Crippen LogP contribution in [0, 0.1) is 0 Å². The second-order valence-electron chi connectivity index (χ2n) is 1.38. The highest BCUT2D eigenvalue weighted by Gasteiger charge is 2.00. The number of carbonyl (C=O) groups is 1. The molecule has 0 fully saturated rings. The predicted octanol–water partition coefficient (Wildman–Crippen LogP) is -1.33. The molecule has 0 unspecified atom stereocenters. The van der Waals surface area contributed by atoms with Gasteiger partial charge in [-0.2, -0.15) is 0 Å². The Bertz CT molecular complexity index is 83.4. The number of rotatable bonds is 2. The summed E-state index contributed by atoms with van der Waals surface area (Å²) in [7, 11) is 0. The average molecular weight is 117 g/mol. The van der Waals surface area contributed by atoms with E-state index in [1.165, 1.54) is 0 Å². The van der Waals surface area contributed by atoms with Crippen molar-refractivity contribution in [3.05, 3.63) is 0 Å². The summed E-state index contributed by atoms with van der Waals surface area (Å²) in [6.07, 6.45) is 0. The van der Waals surface area contributed by atoms with Gasteiger partial charge in [0.2, 0.25) is 5.91 Å². The lowest BCUT2D eigenvalue weighted by Crippen LogP contribution is -2.40. The molecule has 4 nitrogen and oxygen atoms in total. The molecule has 4 N–H and O–H groups in total. The summed E-state index contributed by atoms with van der Waals surface area (Å²) < 4.78 is 0. The number of nitrogens with two attached hydrogens (primary N) is 2. The zero-order valence-electron chi connectivity index (χ0n) is 4.92. The molecule has 0 rings (SSSR count). The van der Waals surface area contributed by atoms with Crippen molar-refractivity contribution in [2.75, 3.05) is 13.1 Å². The first kappa shape index (κ1) is 7.39. The van der Waals surface area contributed by atoms with Crippen molar-refractivity contribution in [1.29, 1.82) is 0 Å². The normalized spacial score (nSPS) is 8.88. The number of nitrogens with zero attached hydrogens (tertiary/aromatic N) is 1. The molecule has 0 aliphatic rings. The van der Waals surface area contributed by atoms with Crippen molar-refractivity contribution in [2.24, 2.45) is 11.6 Å². The first-order chi connectivity index (χ1) is 3.72. The van der Waals surface area contributed by atoms with Crippen molar-refractivity contribution < 1.29 is 4.79 Å². The third-order valence-corrected chi connectivity index (χ3v) is 0.836. The maximum Gasteiger partial charge on any atom is 0.250 e. The molecule has 0 aliphatic carbocycles. The number of hydrogen-bond acceptors (Lipinski definition) is 3. The highest BCUT2D eigenvalue weighted by atomic mass is 16.2. The van der Waals surface area contributed by atoms with Crippen LogP contribution in [0.25, 0.3) is 0 Å². The number of hydrazine groups is 1. The Kier molecular flexibility index (Phi) is 3.14. The average Bonchev–Trinajstić information content (AvgIpc) is 1.84. The van der Waals surface area contributed by atoms with Gasteiger partial charge in [-0.15, -0.1) is 0 Å². The molecule has 0 heterocycles. The Labute approximate surface area is 48.4 Å². The van der Waals surface area contributed by atoms with E-state index in [-0.39, 0.29) is 12.5 Å². The van der Waals surface area contributed by atoms with E-state index in [4.69, 9.17) is 11.6 Å². The van der Waals surface area contributed by atoms with E-state index < -0.39 is 0 Å². The maximum absolute atomic E-state index is 10.4. The molecule has 0 saturated heterocycles. The fourth-order valence-corrected chi connectivity index (χ4v) is 0.294. The fourth-order valence-electron chi connectivity index (χ4n) is 0.294. The van der Waals surface area contributed by atoms with Gasteiger partial charge in [0.05, 0.1) is 6.54 Å². The third-order valence-electron chi connectivity index (χ3n) is 0.836. The first-order valence-electron chi connectivity index (χ1n) is 2.47. The number of hydrogen-bond donors (Lipinski definition) is 2. The van der Waals surface area contributed by atoms with Crippen molar-refractivity contribution in [3.63, 3.8) is 0 Å². The summed E-state index contributed by atoms with van der Waals surface area (Å²) in [5.41, 5.74) is 4.98. The van der Waals surface area contributed by atoms with Crippen LogP contribution >= 0.6 is 0 Å². The minimum atomic E-state index is -0.229. The lowest BCUT2D eigenvalue weighted by molar-refractivity contribution is -0.129. The Morgan fingerprint density at radius 2 is 2.25 bits per heavy atom. The topological polar surface area (TPSA) is 72.3 Å². The molecule has 1 amide bonds. The molecule has 48 valence electrons. The van der Waals surface area contributed by atoms with Crippen LogP contribution in [-0.4, -0.2) is 24.0 Å². The van der Waals surface area contributed by atoms with Gasteiger partial charge in [-0.25, -0.2) is 5.84 Å². The van der Waals surface area contributed by atoms with Crippen molar-refractivity contribution in [2.45, 2.75) is 6.92 Å². The second-order valence-corrected chi connectivity index (χ2v) is 1.38. The van der Waals surface area contributed by atoms with Crippen LogP contribution in [-0.2, 0) is 4.79 Å². The van der Waals surface area contributed by atoms with E-state index in [2.05, 4.69) is 0 Å². The molecule has 0 atom stereocenters. The minimum absolute atomic E-state index is 0.00958. The maximum atomic E-state index is 10.4. The molecule has 0 saturated carbocycles. The fraction of sp³-hybridized carbons (Fsp3) is 0.750. The summed E-state index contributed by atoms with van der Waals surface area (Å²) in [6.45, 7) is 2.29. The second kappa shape index (κ2) is 3.40. The minimum Gasteiger partial charge on any atom is -0.322 e. The number of carbonyl (C=O) groups excluding carboxylic acids is 1. The largest absolute Gasteiger partial charge is 0.322 e. The predicted molar refractivity (Wildman–Crippen MR) is 30.6 cm³/mol. The molecule has 0 aromatic rings. The van der Waals surface area contributed by atoms with Crippen LogP contribution in [0.15, 0.2) is 0 Å². The SMILES string of the molecule is CCN(N)C(=O)CN. The van der Waals surface area contributed by atoms with Crippen LogP contribution < -0.4 is 11.6 Å². The van der Waals surface area contributed by atoms with Gasteiger partial charge in [-0.3, -0.25) is 9.80 Å². The van der Waals surface area contributed by atoms with Gasteiger partial charge >= 0.3 is 0 Å². The molecule has 0 spiro atoms. The molecule has 0 aromatic carbocycles. The molecule has 0 aliphatic heterocycles. The number of amides is 1.